The van der Waals surface area contributed by atoms with Gasteiger partial charge >= 0.3 is 0 Å². The van der Waals surface area contributed by atoms with Crippen LogP contribution in [0.15, 0.2) is 56.8 Å². The van der Waals surface area contributed by atoms with E-state index >= 15 is 0 Å². The highest BCUT2D eigenvalue weighted by Gasteiger charge is 2.09. The second-order valence-electron chi connectivity index (χ2n) is 4.51. The van der Waals surface area contributed by atoms with E-state index in [1.54, 1.807) is 11.3 Å². The van der Waals surface area contributed by atoms with Crippen LogP contribution in [-0.4, -0.2) is 5.78 Å². The average Bonchev–Trinajstić information content (AvgIpc) is 2.83. The molecule has 100 valence electrons. The molecule has 1 aromatic heterocycles. The summed E-state index contributed by atoms with van der Waals surface area (Å²) in [7, 11) is 0. The van der Waals surface area contributed by atoms with Gasteiger partial charge in [0.05, 0.1) is 3.79 Å². The Morgan fingerprint density at radius 2 is 1.70 bits per heavy atom. The van der Waals surface area contributed by atoms with Gasteiger partial charge in [0, 0.05) is 21.3 Å². The monoisotopic (exact) mass is 408 g/mol. The van der Waals surface area contributed by atoms with E-state index in [0.29, 0.717) is 6.42 Å². The standard InChI is InChI=1S/C16H10Br2OS/c17-13-4-3-10-7-12(2-1-11(10)8-13)15(19)9-14-5-6-16(18)20-14/h1-8H,9H2. The normalized spacial score (nSPS) is 10.9. The predicted molar refractivity (Wildman–Crippen MR) is 91.7 cm³/mol. The molecule has 0 fully saturated rings. The highest BCUT2D eigenvalue weighted by atomic mass is 79.9. The smallest absolute Gasteiger partial charge is 0.168 e. The van der Waals surface area contributed by atoms with Gasteiger partial charge in [-0.05, 0) is 57.0 Å². The Labute approximate surface area is 137 Å². The molecule has 0 amide bonds. The summed E-state index contributed by atoms with van der Waals surface area (Å²) in [4.78, 5) is 13.4. The fraction of sp³-hybridized carbons (Fsp3) is 0.0625. The maximum Gasteiger partial charge on any atom is 0.168 e. The van der Waals surface area contributed by atoms with Gasteiger partial charge in [0.1, 0.15) is 0 Å². The van der Waals surface area contributed by atoms with Gasteiger partial charge in [-0.3, -0.25) is 4.79 Å². The van der Waals surface area contributed by atoms with Crippen LogP contribution in [-0.2, 0) is 6.42 Å². The molecule has 0 spiro atoms. The third-order valence-corrected chi connectivity index (χ3v) is 5.20. The molecular formula is C16H10Br2OS. The fourth-order valence-corrected chi connectivity index (χ4v) is 3.96. The van der Waals surface area contributed by atoms with Crippen molar-refractivity contribution < 1.29 is 4.79 Å². The molecule has 0 aliphatic rings. The lowest BCUT2D eigenvalue weighted by atomic mass is 10.0. The molecule has 2 aromatic carbocycles. The fourth-order valence-electron chi connectivity index (χ4n) is 2.10. The summed E-state index contributed by atoms with van der Waals surface area (Å²) in [6, 6.07) is 15.9. The topological polar surface area (TPSA) is 17.1 Å². The summed E-state index contributed by atoms with van der Waals surface area (Å²) in [5.41, 5.74) is 0.768. The lowest BCUT2D eigenvalue weighted by Crippen LogP contribution is -2.01. The first kappa shape index (κ1) is 14.0. The summed E-state index contributed by atoms with van der Waals surface area (Å²) >= 11 is 8.48. The third kappa shape index (κ3) is 3.03. The van der Waals surface area contributed by atoms with Gasteiger partial charge in [-0.2, -0.15) is 0 Å². The van der Waals surface area contributed by atoms with Crippen LogP contribution in [0, 0.1) is 0 Å². The van der Waals surface area contributed by atoms with Crippen LogP contribution < -0.4 is 0 Å². The molecule has 0 bridgehead atoms. The zero-order chi connectivity index (χ0) is 14.1. The minimum atomic E-state index is 0.157. The quantitative estimate of drug-likeness (QED) is 0.495. The van der Waals surface area contributed by atoms with Crippen molar-refractivity contribution in [3.63, 3.8) is 0 Å². The zero-order valence-electron chi connectivity index (χ0n) is 10.4. The van der Waals surface area contributed by atoms with E-state index < -0.39 is 0 Å². The molecule has 0 N–H and O–H groups in total. The van der Waals surface area contributed by atoms with Crippen molar-refractivity contribution in [2.24, 2.45) is 0 Å². The molecule has 0 unspecified atom stereocenters. The molecule has 3 aromatic rings. The van der Waals surface area contributed by atoms with Crippen LogP contribution in [0.4, 0.5) is 0 Å². The highest BCUT2D eigenvalue weighted by Crippen LogP contribution is 2.25. The molecule has 1 nitrogen and oxygen atoms in total. The van der Waals surface area contributed by atoms with E-state index in [2.05, 4.69) is 37.9 Å². The Balaban J connectivity index is 1.89. The molecule has 20 heavy (non-hydrogen) atoms. The first-order valence-corrected chi connectivity index (χ1v) is 8.49. The number of benzene rings is 2. The SMILES string of the molecule is O=C(Cc1ccc(Br)s1)c1ccc2cc(Br)ccc2c1. The molecule has 4 heteroatoms. The van der Waals surface area contributed by atoms with E-state index in [1.165, 1.54) is 0 Å². The first-order chi connectivity index (χ1) is 9.61. The molecule has 0 saturated carbocycles. The molecule has 0 atom stereocenters. The van der Waals surface area contributed by atoms with Crippen molar-refractivity contribution in [3.05, 3.63) is 67.2 Å². The van der Waals surface area contributed by atoms with E-state index in [-0.39, 0.29) is 5.78 Å². The Kier molecular flexibility index (Phi) is 4.06. The van der Waals surface area contributed by atoms with Gasteiger partial charge in [-0.1, -0.05) is 34.1 Å². The van der Waals surface area contributed by atoms with Crippen LogP contribution in [0.5, 0.6) is 0 Å². The van der Waals surface area contributed by atoms with Crippen molar-refractivity contribution >= 4 is 59.8 Å². The summed E-state index contributed by atoms with van der Waals surface area (Å²) in [5.74, 6) is 0.157. The number of hydrogen-bond donors (Lipinski definition) is 0. The van der Waals surface area contributed by atoms with Crippen molar-refractivity contribution in [2.75, 3.05) is 0 Å². The van der Waals surface area contributed by atoms with Gasteiger partial charge in [-0.25, -0.2) is 0 Å². The third-order valence-electron chi connectivity index (χ3n) is 3.09. The number of ketones is 1. The van der Waals surface area contributed by atoms with Crippen LogP contribution in [0.1, 0.15) is 15.2 Å². The van der Waals surface area contributed by atoms with Crippen molar-refractivity contribution in [2.45, 2.75) is 6.42 Å². The number of halogens is 2. The van der Waals surface area contributed by atoms with E-state index in [1.807, 2.05) is 42.5 Å². The van der Waals surface area contributed by atoms with Crippen molar-refractivity contribution in [1.82, 2.24) is 0 Å². The van der Waals surface area contributed by atoms with Crippen LogP contribution in [0.25, 0.3) is 10.8 Å². The maximum atomic E-state index is 12.3. The molecule has 0 aliphatic carbocycles. The van der Waals surface area contributed by atoms with E-state index in [4.69, 9.17) is 0 Å². The number of Topliss-reactive ketones (excluding diaryl/α,β-unsaturated/α-hetero) is 1. The zero-order valence-corrected chi connectivity index (χ0v) is 14.4. The second kappa shape index (κ2) is 5.80. The number of carbonyl (C=O) groups excluding carboxylic acids is 1. The lowest BCUT2D eigenvalue weighted by molar-refractivity contribution is 0.0994. The summed E-state index contributed by atoms with van der Waals surface area (Å²) in [5, 5.41) is 2.22. The lowest BCUT2D eigenvalue weighted by Gasteiger charge is -2.03. The first-order valence-electron chi connectivity index (χ1n) is 6.08. The minimum absolute atomic E-state index is 0.157. The molecular weight excluding hydrogens is 400 g/mol. The Morgan fingerprint density at radius 3 is 2.45 bits per heavy atom. The summed E-state index contributed by atoms with van der Waals surface area (Å²) < 4.78 is 2.11. The van der Waals surface area contributed by atoms with Crippen LogP contribution >= 0.6 is 43.2 Å². The number of thiophene rings is 1. The maximum absolute atomic E-state index is 12.3. The number of carbonyl (C=O) groups is 1. The number of rotatable bonds is 3. The van der Waals surface area contributed by atoms with Gasteiger partial charge in [0.15, 0.2) is 5.78 Å². The largest absolute Gasteiger partial charge is 0.294 e. The van der Waals surface area contributed by atoms with Crippen molar-refractivity contribution in [1.29, 1.82) is 0 Å². The van der Waals surface area contributed by atoms with E-state index in [0.717, 1.165) is 29.5 Å². The molecule has 0 aliphatic heterocycles. The van der Waals surface area contributed by atoms with Gasteiger partial charge in [0.25, 0.3) is 0 Å². The van der Waals surface area contributed by atoms with Gasteiger partial charge < -0.3 is 0 Å². The Morgan fingerprint density at radius 1 is 0.950 bits per heavy atom. The van der Waals surface area contributed by atoms with Crippen LogP contribution in [0.2, 0.25) is 0 Å². The molecule has 1 heterocycles. The van der Waals surface area contributed by atoms with Gasteiger partial charge in [-0.15, -0.1) is 11.3 Å². The highest BCUT2D eigenvalue weighted by molar-refractivity contribution is 9.11. The van der Waals surface area contributed by atoms with Crippen LogP contribution in [0.3, 0.4) is 0 Å². The summed E-state index contributed by atoms with van der Waals surface area (Å²) in [6.07, 6.45) is 0.457. The minimum Gasteiger partial charge on any atom is -0.294 e. The van der Waals surface area contributed by atoms with E-state index in [9.17, 15) is 4.79 Å². The Bertz CT molecular complexity index is 792. The molecule has 3 rings (SSSR count). The predicted octanol–water partition coefficient (Wildman–Crippen LogP) is 5.85. The molecule has 0 saturated heterocycles. The number of hydrogen-bond acceptors (Lipinski definition) is 2. The average molecular weight is 410 g/mol. The Hall–Kier alpha value is -0.970. The van der Waals surface area contributed by atoms with Crippen molar-refractivity contribution in [3.8, 4) is 0 Å². The number of fused-ring (bicyclic) bond motifs is 1. The molecule has 0 radical (unpaired) electrons. The summed E-state index contributed by atoms with van der Waals surface area (Å²) in [6.45, 7) is 0. The van der Waals surface area contributed by atoms with Gasteiger partial charge in [0.2, 0.25) is 0 Å². The second-order valence-corrected chi connectivity index (χ2v) is 7.98.